The molecule has 1 N–H and O–H groups in total. The van der Waals surface area contributed by atoms with Gasteiger partial charge in [0, 0.05) is 19.0 Å². The van der Waals surface area contributed by atoms with Crippen LogP contribution in [0.25, 0.3) is 0 Å². The lowest BCUT2D eigenvalue weighted by Crippen LogP contribution is -2.54. The molecule has 0 saturated carbocycles. The van der Waals surface area contributed by atoms with Crippen LogP contribution in [0.3, 0.4) is 0 Å². The molecule has 0 unspecified atom stereocenters. The highest BCUT2D eigenvalue weighted by Gasteiger charge is 2.33. The fourth-order valence-corrected chi connectivity index (χ4v) is 5.27. The number of nitrogens with zero attached hydrogens (tertiary/aromatic N) is 2. The highest BCUT2D eigenvalue weighted by molar-refractivity contribution is 7.92. The minimum absolute atomic E-state index is 0.106. The van der Waals surface area contributed by atoms with E-state index in [-0.39, 0.29) is 40.6 Å². The second kappa shape index (κ2) is 14.0. The lowest BCUT2D eigenvalue weighted by atomic mass is 10.0. The molecule has 0 aliphatic heterocycles. The summed E-state index contributed by atoms with van der Waals surface area (Å²) in [5.74, 6) is -0.837. The molecule has 0 radical (unpaired) electrons. The van der Waals surface area contributed by atoms with E-state index in [1.54, 1.807) is 0 Å². The van der Waals surface area contributed by atoms with E-state index in [9.17, 15) is 18.0 Å². The Morgan fingerprint density at radius 1 is 0.925 bits per heavy atom. The molecule has 2 atom stereocenters. The van der Waals surface area contributed by atoms with E-state index in [1.807, 2.05) is 75.4 Å². The quantitative estimate of drug-likeness (QED) is 0.291. The first-order valence-electron chi connectivity index (χ1n) is 13.0. The zero-order valence-corrected chi connectivity index (χ0v) is 25.4. The van der Waals surface area contributed by atoms with Crippen molar-refractivity contribution in [3.63, 3.8) is 0 Å². The molecule has 0 bridgehead atoms. The van der Waals surface area contributed by atoms with E-state index >= 15 is 0 Å². The fourth-order valence-electron chi connectivity index (χ4n) is 4.14. The van der Waals surface area contributed by atoms with Gasteiger partial charge in [0.05, 0.1) is 22.0 Å². The van der Waals surface area contributed by atoms with Crippen LogP contribution in [0, 0.1) is 6.92 Å². The maximum atomic E-state index is 14.1. The summed E-state index contributed by atoms with van der Waals surface area (Å²) in [6.45, 7) is 5.42. The van der Waals surface area contributed by atoms with Crippen LogP contribution in [0.2, 0.25) is 10.0 Å². The summed E-state index contributed by atoms with van der Waals surface area (Å²) in [5, 5.41) is 3.43. The number of amides is 2. The van der Waals surface area contributed by atoms with E-state index in [0.717, 1.165) is 33.7 Å². The molecule has 0 aliphatic rings. The minimum Gasteiger partial charge on any atom is -0.352 e. The van der Waals surface area contributed by atoms with Gasteiger partial charge < -0.3 is 10.2 Å². The Labute approximate surface area is 247 Å². The fraction of sp³-hybridized carbons (Fsp3) is 0.333. The first-order valence-corrected chi connectivity index (χ1v) is 15.6. The smallest absolute Gasteiger partial charge is 0.244 e. The molecule has 0 saturated heterocycles. The minimum atomic E-state index is -3.90. The Morgan fingerprint density at radius 2 is 1.57 bits per heavy atom. The predicted molar refractivity (Wildman–Crippen MR) is 162 cm³/mol. The van der Waals surface area contributed by atoms with Crippen molar-refractivity contribution in [1.82, 2.24) is 10.2 Å². The summed E-state index contributed by atoms with van der Waals surface area (Å²) in [6, 6.07) is 20.5. The second-order valence-corrected chi connectivity index (χ2v) is 12.6. The number of carbonyl (C=O) groups excluding carboxylic acids is 2. The van der Waals surface area contributed by atoms with Crippen molar-refractivity contribution in [3.8, 4) is 0 Å². The molecule has 3 rings (SSSR count). The number of halogens is 2. The molecule has 0 aromatic heterocycles. The van der Waals surface area contributed by atoms with E-state index < -0.39 is 28.5 Å². The third kappa shape index (κ3) is 8.71. The van der Waals surface area contributed by atoms with Crippen LogP contribution in [0.4, 0.5) is 5.69 Å². The van der Waals surface area contributed by atoms with Gasteiger partial charge in [-0.2, -0.15) is 0 Å². The zero-order valence-electron chi connectivity index (χ0n) is 23.1. The van der Waals surface area contributed by atoms with E-state index in [4.69, 9.17) is 23.2 Å². The van der Waals surface area contributed by atoms with Crippen LogP contribution in [-0.2, 0) is 32.6 Å². The Kier molecular flexibility index (Phi) is 11.0. The number of hydrogen-bond acceptors (Lipinski definition) is 4. The van der Waals surface area contributed by atoms with Gasteiger partial charge in [-0.3, -0.25) is 13.9 Å². The lowest BCUT2D eigenvalue weighted by Gasteiger charge is -2.34. The average molecular weight is 605 g/mol. The first-order chi connectivity index (χ1) is 18.9. The number of aryl methyl sites for hydroxylation is 1. The van der Waals surface area contributed by atoms with Crippen LogP contribution in [0.1, 0.15) is 37.0 Å². The van der Waals surface area contributed by atoms with Crippen molar-refractivity contribution in [2.45, 2.75) is 52.2 Å². The summed E-state index contributed by atoms with van der Waals surface area (Å²) in [5.41, 5.74) is 2.94. The van der Waals surface area contributed by atoms with Crippen LogP contribution in [0.15, 0.2) is 72.8 Å². The summed E-state index contributed by atoms with van der Waals surface area (Å²) in [4.78, 5) is 29.2. The SMILES string of the molecule is CC[C@H](C)NC(=O)[C@@H](Cc1ccccc1)N(Cc1ccc(C)cc1)C(=O)CN(c1ccc(Cl)c(Cl)c1)S(C)(=O)=O. The number of rotatable bonds is 12. The molecule has 0 fully saturated rings. The standard InChI is InChI=1S/C30H35Cl2N3O4S/c1-5-22(3)33-30(37)28(17-23-9-7-6-8-10-23)34(19-24-13-11-21(2)12-14-24)29(36)20-35(40(4,38)39)25-15-16-26(31)27(32)18-25/h6-16,18,22,28H,5,17,19-20H2,1-4H3,(H,33,37)/t22-,28+/m0/s1. The van der Waals surface area contributed by atoms with Gasteiger partial charge in [0.1, 0.15) is 12.6 Å². The number of anilines is 1. The summed E-state index contributed by atoms with van der Waals surface area (Å²) in [7, 11) is -3.90. The molecule has 10 heteroatoms. The molecule has 214 valence electrons. The topological polar surface area (TPSA) is 86.8 Å². The van der Waals surface area contributed by atoms with Gasteiger partial charge in [0.2, 0.25) is 21.8 Å². The highest BCUT2D eigenvalue weighted by atomic mass is 35.5. The number of nitrogens with one attached hydrogen (secondary N) is 1. The van der Waals surface area contributed by atoms with Crippen LogP contribution >= 0.6 is 23.2 Å². The average Bonchev–Trinajstić information content (AvgIpc) is 2.91. The van der Waals surface area contributed by atoms with Gasteiger partial charge in [-0.1, -0.05) is 90.3 Å². The van der Waals surface area contributed by atoms with Crippen LogP contribution < -0.4 is 9.62 Å². The van der Waals surface area contributed by atoms with Crippen molar-refractivity contribution in [1.29, 1.82) is 0 Å². The number of benzene rings is 3. The maximum Gasteiger partial charge on any atom is 0.244 e. The summed E-state index contributed by atoms with van der Waals surface area (Å²) >= 11 is 12.2. The maximum absolute atomic E-state index is 14.1. The molecule has 3 aromatic rings. The molecule has 0 heterocycles. The molecule has 3 aromatic carbocycles. The van der Waals surface area contributed by atoms with Crippen LogP contribution in [0.5, 0.6) is 0 Å². The van der Waals surface area contributed by atoms with Crippen molar-refractivity contribution >= 4 is 50.7 Å². The molecule has 40 heavy (non-hydrogen) atoms. The Balaban J connectivity index is 2.06. The number of carbonyl (C=O) groups is 2. The van der Waals surface area contributed by atoms with Gasteiger partial charge in [0.15, 0.2) is 0 Å². The molecular formula is C30H35Cl2N3O4S. The number of hydrogen-bond donors (Lipinski definition) is 1. The van der Waals surface area contributed by atoms with Gasteiger partial charge in [-0.15, -0.1) is 0 Å². The normalized spacial score (nSPS) is 12.8. The lowest BCUT2D eigenvalue weighted by molar-refractivity contribution is -0.140. The van der Waals surface area contributed by atoms with Gasteiger partial charge in [-0.05, 0) is 49.6 Å². The third-order valence-electron chi connectivity index (χ3n) is 6.62. The van der Waals surface area contributed by atoms with E-state index in [2.05, 4.69) is 5.32 Å². The van der Waals surface area contributed by atoms with Crippen molar-refractivity contribution in [2.24, 2.45) is 0 Å². The number of sulfonamides is 1. The Morgan fingerprint density at radius 3 is 2.15 bits per heavy atom. The van der Waals surface area contributed by atoms with Crippen LogP contribution in [-0.4, -0.2) is 50.0 Å². The van der Waals surface area contributed by atoms with E-state index in [1.165, 1.54) is 23.1 Å². The van der Waals surface area contributed by atoms with Crippen molar-refractivity contribution in [3.05, 3.63) is 99.5 Å². The summed E-state index contributed by atoms with van der Waals surface area (Å²) in [6.07, 6.45) is 1.99. The van der Waals surface area contributed by atoms with Gasteiger partial charge in [0.25, 0.3) is 0 Å². The molecular weight excluding hydrogens is 569 g/mol. The molecule has 2 amide bonds. The molecule has 7 nitrogen and oxygen atoms in total. The third-order valence-corrected chi connectivity index (χ3v) is 8.50. The van der Waals surface area contributed by atoms with Gasteiger partial charge >= 0.3 is 0 Å². The van der Waals surface area contributed by atoms with Gasteiger partial charge in [-0.25, -0.2) is 8.42 Å². The first kappa shape index (κ1) is 31.5. The second-order valence-electron chi connectivity index (χ2n) is 9.90. The Bertz CT molecular complexity index is 1420. The summed E-state index contributed by atoms with van der Waals surface area (Å²) < 4.78 is 26.7. The molecule has 0 spiro atoms. The van der Waals surface area contributed by atoms with E-state index in [0.29, 0.717) is 0 Å². The highest BCUT2D eigenvalue weighted by Crippen LogP contribution is 2.29. The predicted octanol–water partition coefficient (Wildman–Crippen LogP) is 5.62. The zero-order chi connectivity index (χ0) is 29.4. The van der Waals surface area contributed by atoms with Crippen molar-refractivity contribution in [2.75, 3.05) is 17.1 Å². The van der Waals surface area contributed by atoms with Crippen molar-refractivity contribution < 1.29 is 18.0 Å². The largest absolute Gasteiger partial charge is 0.352 e. The molecule has 0 aliphatic carbocycles. The monoisotopic (exact) mass is 603 g/mol. The Hall–Kier alpha value is -3.07.